The number of hydrogen-bond acceptors (Lipinski definition) is 3. The van der Waals surface area contributed by atoms with Crippen molar-refractivity contribution >= 4 is 5.91 Å². The van der Waals surface area contributed by atoms with Crippen LogP contribution in [-0.4, -0.2) is 17.1 Å². The Bertz CT molecular complexity index is 393. The minimum Gasteiger partial charge on any atom is -0.480 e. The molecule has 1 aromatic rings. The maximum atomic E-state index is 13.0. The summed E-state index contributed by atoms with van der Waals surface area (Å²) in [7, 11) is 0. The van der Waals surface area contributed by atoms with Gasteiger partial charge in [-0.25, -0.2) is 4.39 Å². The Kier molecular flexibility index (Phi) is 3.84. The molecule has 1 unspecified atom stereocenters. The van der Waals surface area contributed by atoms with Gasteiger partial charge in [0, 0.05) is 11.6 Å². The summed E-state index contributed by atoms with van der Waals surface area (Å²) in [5.41, 5.74) is 5.44. The number of hydrogen-bond donors (Lipinski definition) is 2. The second kappa shape index (κ2) is 4.94. The lowest BCUT2D eigenvalue weighted by atomic mass is 10.1. The summed E-state index contributed by atoms with van der Waals surface area (Å²) in [6.07, 6.45) is -1.69. The number of halogens is 1. The first-order valence-corrected chi connectivity index (χ1v) is 4.85. The number of ether oxygens (including phenoxy) is 1. The normalized spacial score (nSPS) is 14.2. The van der Waals surface area contributed by atoms with Crippen molar-refractivity contribution in [3.8, 4) is 5.75 Å². The molecule has 0 aliphatic carbocycles. The molecule has 1 amide bonds. The first-order chi connectivity index (χ1) is 7.41. The SMILES string of the molecule is CC(Oc1cc(F)ccc1[C@H](C)O)C(N)=O. The molecule has 0 aromatic heterocycles. The van der Waals surface area contributed by atoms with E-state index in [0.717, 1.165) is 6.07 Å². The molecule has 3 N–H and O–H groups in total. The van der Waals surface area contributed by atoms with Crippen molar-refractivity contribution in [3.63, 3.8) is 0 Å². The predicted molar refractivity (Wildman–Crippen MR) is 56.3 cm³/mol. The molecule has 0 saturated carbocycles. The average Bonchev–Trinajstić information content (AvgIpc) is 2.16. The molecule has 2 atom stereocenters. The minimum absolute atomic E-state index is 0.126. The lowest BCUT2D eigenvalue weighted by Gasteiger charge is -2.16. The molecule has 0 bridgehead atoms. The van der Waals surface area contributed by atoms with E-state index in [1.165, 1.54) is 26.0 Å². The van der Waals surface area contributed by atoms with Crippen LogP contribution in [-0.2, 0) is 4.79 Å². The Hall–Kier alpha value is -1.62. The van der Waals surface area contributed by atoms with Crippen molar-refractivity contribution in [1.29, 1.82) is 0 Å². The van der Waals surface area contributed by atoms with Gasteiger partial charge in [-0.05, 0) is 26.0 Å². The number of primary amides is 1. The molecule has 16 heavy (non-hydrogen) atoms. The Morgan fingerprint density at radius 2 is 2.12 bits per heavy atom. The third-order valence-corrected chi connectivity index (χ3v) is 2.13. The zero-order valence-corrected chi connectivity index (χ0v) is 9.11. The van der Waals surface area contributed by atoms with Crippen LogP contribution in [0.15, 0.2) is 18.2 Å². The van der Waals surface area contributed by atoms with Crippen LogP contribution in [0.5, 0.6) is 5.75 Å². The Morgan fingerprint density at radius 3 is 2.62 bits per heavy atom. The highest BCUT2D eigenvalue weighted by molar-refractivity contribution is 5.78. The van der Waals surface area contributed by atoms with Crippen LogP contribution in [0.25, 0.3) is 0 Å². The fourth-order valence-electron chi connectivity index (χ4n) is 1.20. The third kappa shape index (κ3) is 2.93. The summed E-state index contributed by atoms with van der Waals surface area (Å²) in [5, 5.41) is 9.43. The number of nitrogens with two attached hydrogens (primary N) is 1. The van der Waals surface area contributed by atoms with Gasteiger partial charge in [0.2, 0.25) is 0 Å². The molecule has 0 spiro atoms. The van der Waals surface area contributed by atoms with E-state index in [9.17, 15) is 14.3 Å². The lowest BCUT2D eigenvalue weighted by molar-refractivity contribution is -0.124. The van der Waals surface area contributed by atoms with Crippen LogP contribution < -0.4 is 10.5 Å². The van der Waals surface area contributed by atoms with E-state index in [2.05, 4.69) is 0 Å². The monoisotopic (exact) mass is 227 g/mol. The van der Waals surface area contributed by atoms with Gasteiger partial charge in [-0.1, -0.05) is 0 Å². The van der Waals surface area contributed by atoms with Crippen molar-refractivity contribution in [2.24, 2.45) is 5.73 Å². The number of carbonyl (C=O) groups excluding carboxylic acids is 1. The van der Waals surface area contributed by atoms with E-state index in [1.54, 1.807) is 0 Å². The summed E-state index contributed by atoms with van der Waals surface area (Å²) < 4.78 is 18.2. The number of aliphatic hydroxyl groups excluding tert-OH is 1. The maximum Gasteiger partial charge on any atom is 0.258 e. The molecule has 0 heterocycles. The molecule has 1 rings (SSSR count). The topological polar surface area (TPSA) is 72.6 Å². The van der Waals surface area contributed by atoms with Crippen LogP contribution in [0.1, 0.15) is 25.5 Å². The van der Waals surface area contributed by atoms with Gasteiger partial charge in [0.15, 0.2) is 6.10 Å². The summed E-state index contributed by atoms with van der Waals surface area (Å²) in [4.78, 5) is 10.8. The molecule has 0 aliphatic heterocycles. The lowest BCUT2D eigenvalue weighted by Crippen LogP contribution is -2.31. The van der Waals surface area contributed by atoms with Crippen molar-refractivity contribution in [2.45, 2.75) is 26.1 Å². The van der Waals surface area contributed by atoms with Crippen LogP contribution in [0.4, 0.5) is 4.39 Å². The quantitative estimate of drug-likeness (QED) is 0.809. The van der Waals surface area contributed by atoms with Crippen molar-refractivity contribution < 1.29 is 19.0 Å². The van der Waals surface area contributed by atoms with E-state index in [0.29, 0.717) is 5.56 Å². The summed E-state index contributed by atoms with van der Waals surface area (Å²) in [6, 6.07) is 3.73. The van der Waals surface area contributed by atoms with Crippen LogP contribution in [0.2, 0.25) is 0 Å². The Morgan fingerprint density at radius 1 is 1.50 bits per heavy atom. The van der Waals surface area contributed by atoms with E-state index in [4.69, 9.17) is 10.5 Å². The first-order valence-electron chi connectivity index (χ1n) is 4.85. The van der Waals surface area contributed by atoms with Gasteiger partial charge in [-0.15, -0.1) is 0 Å². The van der Waals surface area contributed by atoms with Gasteiger partial charge in [0.25, 0.3) is 5.91 Å². The minimum atomic E-state index is -0.876. The fraction of sp³-hybridized carbons (Fsp3) is 0.364. The predicted octanol–water partition coefficient (Wildman–Crippen LogP) is 1.13. The number of aliphatic hydroxyl groups is 1. The molecular formula is C11H14FNO3. The van der Waals surface area contributed by atoms with E-state index in [1.807, 2.05) is 0 Å². The molecule has 0 saturated heterocycles. The van der Waals surface area contributed by atoms with Gasteiger partial charge in [0.1, 0.15) is 11.6 Å². The second-order valence-corrected chi connectivity index (χ2v) is 3.52. The van der Waals surface area contributed by atoms with Gasteiger partial charge >= 0.3 is 0 Å². The van der Waals surface area contributed by atoms with Gasteiger partial charge in [-0.3, -0.25) is 4.79 Å². The fourth-order valence-corrected chi connectivity index (χ4v) is 1.20. The molecule has 0 fully saturated rings. The Balaban J connectivity index is 3.01. The maximum absolute atomic E-state index is 13.0. The first kappa shape index (κ1) is 12.4. The highest BCUT2D eigenvalue weighted by Gasteiger charge is 2.16. The highest BCUT2D eigenvalue weighted by Crippen LogP contribution is 2.26. The summed E-state index contributed by atoms with van der Waals surface area (Å²) >= 11 is 0. The molecular weight excluding hydrogens is 213 g/mol. The standard InChI is InChI=1S/C11H14FNO3/c1-6(14)9-4-3-8(12)5-10(9)16-7(2)11(13)15/h3-7,14H,1-2H3,(H2,13,15)/t6-,7?/m0/s1. The van der Waals surface area contributed by atoms with Crippen molar-refractivity contribution in [2.75, 3.05) is 0 Å². The highest BCUT2D eigenvalue weighted by atomic mass is 19.1. The molecule has 1 aromatic carbocycles. The van der Waals surface area contributed by atoms with Crippen molar-refractivity contribution in [3.05, 3.63) is 29.6 Å². The molecule has 0 aliphatic rings. The van der Waals surface area contributed by atoms with Crippen LogP contribution in [0.3, 0.4) is 0 Å². The third-order valence-electron chi connectivity index (χ3n) is 2.13. The average molecular weight is 227 g/mol. The Labute approximate surface area is 92.8 Å². The number of carbonyl (C=O) groups is 1. The zero-order valence-electron chi connectivity index (χ0n) is 9.11. The number of rotatable bonds is 4. The molecule has 88 valence electrons. The molecule has 0 radical (unpaired) electrons. The number of amides is 1. The zero-order chi connectivity index (χ0) is 12.3. The van der Waals surface area contributed by atoms with Crippen LogP contribution >= 0.6 is 0 Å². The number of benzene rings is 1. The summed E-state index contributed by atoms with van der Waals surface area (Å²) in [6.45, 7) is 2.98. The van der Waals surface area contributed by atoms with Crippen molar-refractivity contribution in [1.82, 2.24) is 0 Å². The molecule has 4 nitrogen and oxygen atoms in total. The van der Waals surface area contributed by atoms with Crippen LogP contribution in [0, 0.1) is 5.82 Å². The largest absolute Gasteiger partial charge is 0.480 e. The molecule has 5 heteroatoms. The second-order valence-electron chi connectivity index (χ2n) is 3.52. The van der Waals surface area contributed by atoms with Gasteiger partial charge < -0.3 is 15.6 Å². The smallest absolute Gasteiger partial charge is 0.258 e. The van der Waals surface area contributed by atoms with E-state index < -0.39 is 23.9 Å². The van der Waals surface area contributed by atoms with Gasteiger partial charge in [-0.2, -0.15) is 0 Å². The van der Waals surface area contributed by atoms with E-state index in [-0.39, 0.29) is 5.75 Å². The van der Waals surface area contributed by atoms with E-state index >= 15 is 0 Å². The summed E-state index contributed by atoms with van der Waals surface area (Å²) in [5.74, 6) is -1.03. The van der Waals surface area contributed by atoms with Gasteiger partial charge in [0.05, 0.1) is 6.10 Å².